The van der Waals surface area contributed by atoms with Crippen LogP contribution < -0.4 is 0 Å². The first-order chi connectivity index (χ1) is 8.70. The Kier molecular flexibility index (Phi) is 4.06. The van der Waals surface area contributed by atoms with E-state index in [0.29, 0.717) is 6.61 Å². The zero-order chi connectivity index (χ0) is 13.0. The Morgan fingerprint density at radius 3 is 3.17 bits per heavy atom. The summed E-state index contributed by atoms with van der Waals surface area (Å²) in [6.45, 7) is 2.28. The van der Waals surface area contributed by atoms with Crippen LogP contribution in [-0.4, -0.2) is 32.7 Å². The molecule has 0 spiro atoms. The van der Waals surface area contributed by atoms with Gasteiger partial charge in [-0.2, -0.15) is 0 Å². The van der Waals surface area contributed by atoms with Gasteiger partial charge in [-0.1, -0.05) is 11.3 Å². The van der Waals surface area contributed by atoms with E-state index in [0.717, 1.165) is 4.88 Å². The number of ether oxygens (including phenoxy) is 1. The minimum atomic E-state index is -0.651. The SMILES string of the molecule is CCOC(=O)c1cn(CC(O)c2cccs2)nn1. The quantitative estimate of drug-likeness (QED) is 0.825. The Morgan fingerprint density at radius 2 is 2.50 bits per heavy atom. The van der Waals surface area contributed by atoms with Crippen molar-refractivity contribution in [3.8, 4) is 0 Å². The number of hydrogen-bond donors (Lipinski definition) is 1. The van der Waals surface area contributed by atoms with Crippen LogP contribution in [0.3, 0.4) is 0 Å². The maximum Gasteiger partial charge on any atom is 0.360 e. The van der Waals surface area contributed by atoms with Crippen LogP contribution in [0, 0.1) is 0 Å². The summed E-state index contributed by atoms with van der Waals surface area (Å²) in [4.78, 5) is 12.2. The van der Waals surface area contributed by atoms with E-state index in [1.165, 1.54) is 22.2 Å². The van der Waals surface area contributed by atoms with Gasteiger partial charge in [0.25, 0.3) is 0 Å². The van der Waals surface area contributed by atoms with Crippen molar-refractivity contribution in [2.24, 2.45) is 0 Å². The number of rotatable bonds is 5. The second kappa shape index (κ2) is 5.74. The van der Waals surface area contributed by atoms with Gasteiger partial charge in [-0.3, -0.25) is 0 Å². The lowest BCUT2D eigenvalue weighted by Gasteiger charge is -2.07. The van der Waals surface area contributed by atoms with Gasteiger partial charge in [-0.15, -0.1) is 16.4 Å². The van der Waals surface area contributed by atoms with Gasteiger partial charge in [-0.05, 0) is 18.4 Å². The highest BCUT2D eigenvalue weighted by atomic mass is 32.1. The van der Waals surface area contributed by atoms with Crippen LogP contribution in [-0.2, 0) is 11.3 Å². The smallest absolute Gasteiger partial charge is 0.360 e. The molecule has 2 aromatic rings. The Bertz CT molecular complexity index is 509. The fourth-order valence-electron chi connectivity index (χ4n) is 1.43. The number of aliphatic hydroxyl groups excluding tert-OH is 1. The molecule has 0 bridgehead atoms. The Balaban J connectivity index is 2.00. The highest BCUT2D eigenvalue weighted by molar-refractivity contribution is 7.10. The van der Waals surface area contributed by atoms with E-state index < -0.39 is 12.1 Å². The number of thiophene rings is 1. The highest BCUT2D eigenvalue weighted by Crippen LogP contribution is 2.19. The van der Waals surface area contributed by atoms with Gasteiger partial charge in [0.05, 0.1) is 19.3 Å². The largest absolute Gasteiger partial charge is 0.461 e. The van der Waals surface area contributed by atoms with E-state index in [4.69, 9.17) is 4.74 Å². The predicted octanol–water partition coefficient (Wildman–Crippen LogP) is 1.25. The van der Waals surface area contributed by atoms with Crippen LogP contribution >= 0.6 is 11.3 Å². The molecular formula is C11H13N3O3S. The molecule has 1 N–H and O–H groups in total. The summed E-state index contributed by atoms with van der Waals surface area (Å²) < 4.78 is 6.23. The molecule has 96 valence electrons. The zero-order valence-electron chi connectivity index (χ0n) is 9.81. The normalized spacial score (nSPS) is 12.3. The molecule has 0 saturated carbocycles. The number of carbonyl (C=O) groups excluding carboxylic acids is 1. The maximum atomic E-state index is 11.4. The molecule has 2 rings (SSSR count). The number of hydrogen-bond acceptors (Lipinski definition) is 6. The van der Waals surface area contributed by atoms with Crippen molar-refractivity contribution < 1.29 is 14.6 Å². The molecule has 0 aliphatic heterocycles. The minimum Gasteiger partial charge on any atom is -0.461 e. The van der Waals surface area contributed by atoms with Crippen LogP contribution in [0.15, 0.2) is 23.7 Å². The van der Waals surface area contributed by atoms with Crippen LogP contribution in [0.4, 0.5) is 0 Å². The lowest BCUT2D eigenvalue weighted by molar-refractivity contribution is 0.0519. The predicted molar refractivity (Wildman–Crippen MR) is 65.3 cm³/mol. The van der Waals surface area contributed by atoms with Gasteiger partial charge in [0.2, 0.25) is 0 Å². The van der Waals surface area contributed by atoms with E-state index in [1.54, 1.807) is 6.92 Å². The summed E-state index contributed by atoms with van der Waals surface area (Å²) in [6, 6.07) is 3.72. The fraction of sp³-hybridized carbons (Fsp3) is 0.364. The van der Waals surface area contributed by atoms with Crippen LogP contribution in [0.2, 0.25) is 0 Å². The number of esters is 1. The summed E-state index contributed by atoms with van der Waals surface area (Å²) in [6.07, 6.45) is 0.816. The number of carbonyl (C=O) groups is 1. The molecule has 18 heavy (non-hydrogen) atoms. The summed E-state index contributed by atoms with van der Waals surface area (Å²) >= 11 is 1.47. The highest BCUT2D eigenvalue weighted by Gasteiger charge is 2.14. The standard InChI is InChI=1S/C11H13N3O3S/c1-2-17-11(16)8-6-14(13-12-8)7-9(15)10-4-3-5-18-10/h3-6,9,15H,2,7H2,1H3. The molecule has 1 atom stereocenters. The molecule has 0 aliphatic rings. The molecule has 7 heteroatoms. The Morgan fingerprint density at radius 1 is 1.67 bits per heavy atom. The second-order valence-electron chi connectivity index (χ2n) is 3.58. The molecular weight excluding hydrogens is 254 g/mol. The third kappa shape index (κ3) is 2.93. The number of aliphatic hydroxyl groups is 1. The molecule has 0 radical (unpaired) electrons. The summed E-state index contributed by atoms with van der Waals surface area (Å²) in [7, 11) is 0. The first-order valence-corrected chi connectivity index (χ1v) is 6.37. The fourth-order valence-corrected chi connectivity index (χ4v) is 2.14. The van der Waals surface area contributed by atoms with Gasteiger partial charge in [-0.25, -0.2) is 9.48 Å². The van der Waals surface area contributed by atoms with E-state index in [2.05, 4.69) is 10.3 Å². The minimum absolute atomic E-state index is 0.148. The molecule has 6 nitrogen and oxygen atoms in total. The summed E-state index contributed by atoms with van der Waals surface area (Å²) in [5, 5.41) is 19.3. The van der Waals surface area contributed by atoms with Crippen molar-refractivity contribution in [1.82, 2.24) is 15.0 Å². The Labute approximate surface area is 108 Å². The van der Waals surface area contributed by atoms with Gasteiger partial charge in [0.15, 0.2) is 5.69 Å². The van der Waals surface area contributed by atoms with Gasteiger partial charge < -0.3 is 9.84 Å². The zero-order valence-corrected chi connectivity index (χ0v) is 10.6. The van der Waals surface area contributed by atoms with Crippen molar-refractivity contribution in [3.05, 3.63) is 34.3 Å². The molecule has 0 aromatic carbocycles. The number of aromatic nitrogens is 3. The van der Waals surface area contributed by atoms with Crippen molar-refractivity contribution in [3.63, 3.8) is 0 Å². The second-order valence-corrected chi connectivity index (χ2v) is 4.56. The maximum absolute atomic E-state index is 11.4. The van der Waals surface area contributed by atoms with E-state index in [1.807, 2.05) is 17.5 Å². The lowest BCUT2D eigenvalue weighted by atomic mass is 10.3. The molecule has 1 unspecified atom stereocenters. The lowest BCUT2D eigenvalue weighted by Crippen LogP contribution is -2.08. The van der Waals surface area contributed by atoms with E-state index in [-0.39, 0.29) is 12.2 Å². The third-order valence-electron chi connectivity index (χ3n) is 2.25. The van der Waals surface area contributed by atoms with Gasteiger partial charge >= 0.3 is 5.97 Å². The van der Waals surface area contributed by atoms with Gasteiger partial charge in [0.1, 0.15) is 6.10 Å². The van der Waals surface area contributed by atoms with Crippen LogP contribution in [0.1, 0.15) is 28.4 Å². The summed E-state index contributed by atoms with van der Waals surface area (Å²) in [5.74, 6) is -0.505. The molecule has 2 heterocycles. The first-order valence-electron chi connectivity index (χ1n) is 5.49. The third-order valence-corrected chi connectivity index (χ3v) is 3.23. The summed E-state index contributed by atoms with van der Waals surface area (Å²) in [5.41, 5.74) is 0.148. The Hall–Kier alpha value is -1.73. The number of nitrogens with zero attached hydrogens (tertiary/aromatic N) is 3. The van der Waals surface area contributed by atoms with Crippen molar-refractivity contribution in [2.45, 2.75) is 19.6 Å². The molecule has 0 aliphatic carbocycles. The van der Waals surface area contributed by atoms with Gasteiger partial charge in [0, 0.05) is 4.88 Å². The average molecular weight is 267 g/mol. The van der Waals surface area contributed by atoms with Crippen LogP contribution in [0.5, 0.6) is 0 Å². The topological polar surface area (TPSA) is 77.2 Å². The van der Waals surface area contributed by atoms with E-state index >= 15 is 0 Å². The first kappa shape index (κ1) is 12.7. The molecule has 2 aromatic heterocycles. The van der Waals surface area contributed by atoms with Crippen molar-refractivity contribution in [2.75, 3.05) is 6.61 Å². The molecule has 0 saturated heterocycles. The molecule has 0 fully saturated rings. The molecule has 0 amide bonds. The monoisotopic (exact) mass is 267 g/mol. The van der Waals surface area contributed by atoms with Crippen molar-refractivity contribution >= 4 is 17.3 Å². The van der Waals surface area contributed by atoms with Crippen molar-refractivity contribution in [1.29, 1.82) is 0 Å². The average Bonchev–Trinajstić information content (AvgIpc) is 2.99. The van der Waals surface area contributed by atoms with Crippen LogP contribution in [0.25, 0.3) is 0 Å². The van der Waals surface area contributed by atoms with E-state index in [9.17, 15) is 9.90 Å².